The van der Waals surface area contributed by atoms with Crippen molar-refractivity contribution in [1.82, 2.24) is 10.9 Å². The molecular weight excluding hydrogens is 476 g/mol. The molecule has 0 fully saturated rings. The predicted octanol–water partition coefficient (Wildman–Crippen LogP) is 4.15. The molecule has 0 aliphatic carbocycles. The molecule has 2 rings (SSSR count). The molecule has 1 aromatic heterocycles. The van der Waals surface area contributed by atoms with Crippen molar-refractivity contribution >= 4 is 55.0 Å². The van der Waals surface area contributed by atoms with Gasteiger partial charge in [-0.3, -0.25) is 20.4 Å². The summed E-state index contributed by atoms with van der Waals surface area (Å²) >= 11 is 7.89. The van der Waals surface area contributed by atoms with Crippen LogP contribution in [0.3, 0.4) is 0 Å². The number of carbonyl (C=O) groups is 2. The van der Waals surface area contributed by atoms with E-state index in [1.165, 1.54) is 18.4 Å². The van der Waals surface area contributed by atoms with Gasteiger partial charge in [-0.15, -0.1) is 11.3 Å². The minimum Gasteiger partial charge on any atom is -0.493 e. The quantitative estimate of drug-likeness (QED) is 0.595. The van der Waals surface area contributed by atoms with E-state index in [-0.39, 0.29) is 0 Å². The van der Waals surface area contributed by atoms with E-state index in [2.05, 4.69) is 42.7 Å². The van der Waals surface area contributed by atoms with Gasteiger partial charge < -0.3 is 9.47 Å². The van der Waals surface area contributed by atoms with Gasteiger partial charge in [0.1, 0.15) is 0 Å². The summed E-state index contributed by atoms with van der Waals surface area (Å²) in [7, 11) is 1.50. The number of amides is 2. The van der Waals surface area contributed by atoms with Crippen LogP contribution in [0.5, 0.6) is 11.5 Å². The number of hydrogen-bond donors (Lipinski definition) is 2. The summed E-state index contributed by atoms with van der Waals surface area (Å²) in [6, 6.07) is 6.50. The zero-order chi connectivity index (χ0) is 18.4. The minimum absolute atomic E-state index is 0.342. The lowest BCUT2D eigenvalue weighted by molar-refractivity contribution is 0.0848. The van der Waals surface area contributed by atoms with Crippen LogP contribution in [-0.4, -0.2) is 25.5 Å². The van der Waals surface area contributed by atoms with Crippen molar-refractivity contribution in [2.24, 2.45) is 0 Å². The Labute approximate surface area is 166 Å². The number of hydrogen-bond acceptors (Lipinski definition) is 5. The number of ether oxygens (including phenoxy) is 2. The van der Waals surface area contributed by atoms with Crippen LogP contribution < -0.4 is 20.3 Å². The molecule has 2 aromatic rings. The van der Waals surface area contributed by atoms with Gasteiger partial charge in [-0.1, -0.05) is 6.92 Å². The smallest absolute Gasteiger partial charge is 0.279 e. The summed E-state index contributed by atoms with van der Waals surface area (Å²) in [5.74, 6) is 0.166. The van der Waals surface area contributed by atoms with Crippen LogP contribution in [0.2, 0.25) is 0 Å². The normalized spacial score (nSPS) is 10.2. The van der Waals surface area contributed by atoms with E-state index in [0.29, 0.717) is 28.5 Å². The second kappa shape index (κ2) is 9.21. The van der Waals surface area contributed by atoms with E-state index < -0.39 is 11.8 Å². The molecule has 0 aliphatic heterocycles. The van der Waals surface area contributed by atoms with Crippen LogP contribution in [-0.2, 0) is 0 Å². The molecule has 134 valence electrons. The highest BCUT2D eigenvalue weighted by molar-refractivity contribution is 9.13. The van der Waals surface area contributed by atoms with Gasteiger partial charge in [0.05, 0.1) is 22.4 Å². The van der Waals surface area contributed by atoms with E-state index in [1.807, 2.05) is 6.92 Å². The Morgan fingerprint density at radius 1 is 1.12 bits per heavy atom. The van der Waals surface area contributed by atoms with Crippen LogP contribution in [0.1, 0.15) is 33.4 Å². The van der Waals surface area contributed by atoms with Crippen molar-refractivity contribution < 1.29 is 19.1 Å². The fourth-order valence-electron chi connectivity index (χ4n) is 1.85. The monoisotopic (exact) mass is 490 g/mol. The first-order chi connectivity index (χ1) is 12.0. The van der Waals surface area contributed by atoms with E-state index >= 15 is 0 Å². The number of rotatable bonds is 6. The van der Waals surface area contributed by atoms with Crippen LogP contribution >= 0.6 is 43.2 Å². The van der Waals surface area contributed by atoms with E-state index in [1.54, 1.807) is 24.3 Å². The van der Waals surface area contributed by atoms with Crippen LogP contribution in [0, 0.1) is 0 Å². The minimum atomic E-state index is -0.455. The SMILES string of the molecule is CCCOc1ccc(C(=O)NNC(=O)c2cc(Br)c(Br)s2)cc1OC. The standard InChI is InChI=1S/C16H16Br2N2O4S/c1-3-6-24-11-5-4-9(7-12(11)23-2)15(21)19-20-16(22)13-8-10(17)14(18)25-13/h4-5,7-8H,3,6H2,1-2H3,(H,19,21)(H,20,22). The molecular formula is C16H16Br2N2O4S. The molecule has 0 radical (unpaired) electrons. The topological polar surface area (TPSA) is 76.7 Å². The summed E-state index contributed by atoms with van der Waals surface area (Å²) in [5.41, 5.74) is 5.11. The Morgan fingerprint density at radius 3 is 2.44 bits per heavy atom. The second-order valence-electron chi connectivity index (χ2n) is 4.85. The molecule has 0 bridgehead atoms. The lowest BCUT2D eigenvalue weighted by atomic mass is 10.2. The Kier molecular flexibility index (Phi) is 7.27. The van der Waals surface area contributed by atoms with Gasteiger partial charge >= 0.3 is 0 Å². The van der Waals surface area contributed by atoms with Gasteiger partial charge in [-0.05, 0) is 62.5 Å². The van der Waals surface area contributed by atoms with Crippen LogP contribution in [0.15, 0.2) is 32.5 Å². The van der Waals surface area contributed by atoms with E-state index in [0.717, 1.165) is 14.7 Å². The lowest BCUT2D eigenvalue weighted by Crippen LogP contribution is -2.41. The molecule has 0 spiro atoms. The Balaban J connectivity index is 2.01. The second-order valence-corrected chi connectivity index (χ2v) is 8.08. The van der Waals surface area contributed by atoms with Crippen molar-refractivity contribution in [2.75, 3.05) is 13.7 Å². The van der Waals surface area contributed by atoms with Gasteiger partial charge in [0, 0.05) is 10.0 Å². The van der Waals surface area contributed by atoms with Gasteiger partial charge in [0.15, 0.2) is 11.5 Å². The Hall–Kier alpha value is -1.58. The van der Waals surface area contributed by atoms with Gasteiger partial charge in [0.2, 0.25) is 0 Å². The number of carbonyl (C=O) groups excluding carboxylic acids is 2. The molecule has 0 aliphatic rings. The average Bonchev–Trinajstić information content (AvgIpc) is 2.96. The zero-order valence-electron chi connectivity index (χ0n) is 13.5. The highest BCUT2D eigenvalue weighted by Gasteiger charge is 2.15. The maximum absolute atomic E-state index is 12.2. The van der Waals surface area contributed by atoms with Crippen molar-refractivity contribution in [3.63, 3.8) is 0 Å². The molecule has 2 N–H and O–H groups in total. The predicted molar refractivity (Wildman–Crippen MR) is 103 cm³/mol. The molecule has 1 heterocycles. The zero-order valence-corrected chi connectivity index (χ0v) is 17.5. The largest absolute Gasteiger partial charge is 0.493 e. The number of benzene rings is 1. The van der Waals surface area contributed by atoms with Gasteiger partial charge in [-0.2, -0.15) is 0 Å². The van der Waals surface area contributed by atoms with Crippen molar-refractivity contribution in [2.45, 2.75) is 13.3 Å². The Bertz CT molecular complexity index is 760. The first-order valence-electron chi connectivity index (χ1n) is 7.32. The summed E-state index contributed by atoms with van der Waals surface area (Å²) < 4.78 is 12.4. The number of halogens is 2. The van der Waals surface area contributed by atoms with E-state index in [4.69, 9.17) is 9.47 Å². The summed E-state index contributed by atoms with van der Waals surface area (Å²) in [5, 5.41) is 0. The molecule has 1 aromatic carbocycles. The molecule has 0 saturated carbocycles. The number of hydrazine groups is 1. The summed E-state index contributed by atoms with van der Waals surface area (Å²) in [6.45, 7) is 2.56. The average molecular weight is 492 g/mol. The number of nitrogens with one attached hydrogen (secondary N) is 2. The van der Waals surface area contributed by atoms with Crippen molar-refractivity contribution in [3.05, 3.63) is 43.0 Å². The lowest BCUT2D eigenvalue weighted by Gasteiger charge is -2.12. The van der Waals surface area contributed by atoms with Crippen LogP contribution in [0.4, 0.5) is 0 Å². The van der Waals surface area contributed by atoms with Crippen LogP contribution in [0.25, 0.3) is 0 Å². The number of thiophene rings is 1. The first-order valence-corrected chi connectivity index (χ1v) is 9.72. The van der Waals surface area contributed by atoms with Crippen molar-refractivity contribution in [3.8, 4) is 11.5 Å². The molecule has 0 atom stereocenters. The third-order valence-corrected chi connectivity index (χ3v) is 6.30. The fourth-order valence-corrected chi connectivity index (χ4v) is 3.78. The van der Waals surface area contributed by atoms with Gasteiger partial charge in [-0.25, -0.2) is 0 Å². The fraction of sp³-hybridized carbons (Fsp3) is 0.250. The highest BCUT2D eigenvalue weighted by atomic mass is 79.9. The van der Waals surface area contributed by atoms with E-state index in [9.17, 15) is 9.59 Å². The molecule has 25 heavy (non-hydrogen) atoms. The molecule has 6 nitrogen and oxygen atoms in total. The highest BCUT2D eigenvalue weighted by Crippen LogP contribution is 2.32. The summed E-state index contributed by atoms with van der Waals surface area (Å²) in [4.78, 5) is 24.7. The molecule has 2 amide bonds. The maximum Gasteiger partial charge on any atom is 0.279 e. The molecule has 0 unspecified atom stereocenters. The maximum atomic E-state index is 12.2. The Morgan fingerprint density at radius 2 is 1.84 bits per heavy atom. The molecule has 9 heteroatoms. The molecule has 0 saturated heterocycles. The van der Waals surface area contributed by atoms with Gasteiger partial charge in [0.25, 0.3) is 11.8 Å². The summed E-state index contributed by atoms with van der Waals surface area (Å²) in [6.07, 6.45) is 0.867. The number of methoxy groups -OCH3 is 1. The third kappa shape index (κ3) is 5.20. The first kappa shape index (κ1) is 19.7. The van der Waals surface area contributed by atoms with Crippen molar-refractivity contribution in [1.29, 1.82) is 0 Å². The third-order valence-electron chi connectivity index (χ3n) is 3.05.